The first-order valence-corrected chi connectivity index (χ1v) is 6.97. The van der Waals surface area contributed by atoms with Crippen LogP contribution in [0.5, 0.6) is 0 Å². The van der Waals surface area contributed by atoms with Crippen molar-refractivity contribution >= 4 is 34.4 Å². The normalized spacial score (nSPS) is 12.6. The van der Waals surface area contributed by atoms with Crippen molar-refractivity contribution in [1.29, 1.82) is 0 Å². The van der Waals surface area contributed by atoms with Gasteiger partial charge in [-0.3, -0.25) is 4.79 Å². The highest BCUT2D eigenvalue weighted by molar-refractivity contribution is 6.31. The monoisotopic (exact) mass is 308 g/mol. The average molecular weight is 309 g/mol. The van der Waals surface area contributed by atoms with Crippen molar-refractivity contribution in [3.05, 3.63) is 35.0 Å². The van der Waals surface area contributed by atoms with E-state index in [4.69, 9.17) is 16.7 Å². The lowest BCUT2D eigenvalue weighted by Crippen LogP contribution is -2.44. The molecule has 1 unspecified atom stereocenters. The van der Waals surface area contributed by atoms with Gasteiger partial charge in [-0.25, -0.2) is 4.79 Å². The van der Waals surface area contributed by atoms with E-state index in [0.29, 0.717) is 10.7 Å². The maximum atomic E-state index is 12.3. The van der Waals surface area contributed by atoms with E-state index < -0.39 is 17.9 Å². The summed E-state index contributed by atoms with van der Waals surface area (Å²) in [6.45, 7) is 3.50. The Morgan fingerprint density at radius 1 is 1.29 bits per heavy atom. The first kappa shape index (κ1) is 15.4. The number of carbonyl (C=O) groups excluding carboxylic acids is 1. The van der Waals surface area contributed by atoms with Gasteiger partial charge in [0.2, 0.25) is 0 Å². The van der Waals surface area contributed by atoms with Crippen LogP contribution in [0.4, 0.5) is 0 Å². The lowest BCUT2D eigenvalue weighted by atomic mass is 10.0. The number of aromatic nitrogens is 1. The molecule has 0 saturated carbocycles. The second-order valence-electron chi connectivity index (χ2n) is 5.33. The molecule has 5 nitrogen and oxygen atoms in total. The average Bonchev–Trinajstić information content (AvgIpc) is 2.71. The zero-order chi connectivity index (χ0) is 15.7. The predicted octanol–water partition coefficient (Wildman–Crippen LogP) is 2.67. The van der Waals surface area contributed by atoms with Gasteiger partial charge in [-0.1, -0.05) is 25.4 Å². The van der Waals surface area contributed by atoms with Gasteiger partial charge in [0.15, 0.2) is 0 Å². The fourth-order valence-corrected chi connectivity index (χ4v) is 2.45. The third-order valence-electron chi connectivity index (χ3n) is 3.46. The molecule has 0 bridgehead atoms. The largest absolute Gasteiger partial charge is 0.480 e. The molecule has 0 aliphatic rings. The van der Waals surface area contributed by atoms with E-state index in [2.05, 4.69) is 5.32 Å². The number of benzene rings is 1. The molecule has 1 aromatic heterocycles. The molecule has 0 aliphatic carbocycles. The standard InChI is InChI=1S/C15H17ClN2O3/c1-8(2)13(15(20)21)17-14(19)12-7-9-6-10(16)4-5-11(9)18(12)3/h4-8,13H,1-3H3,(H,17,19)(H,20,21). The van der Waals surface area contributed by atoms with Gasteiger partial charge in [0.1, 0.15) is 11.7 Å². The van der Waals surface area contributed by atoms with Gasteiger partial charge in [0, 0.05) is 23.0 Å². The molecule has 112 valence electrons. The first-order valence-electron chi connectivity index (χ1n) is 6.60. The van der Waals surface area contributed by atoms with Gasteiger partial charge < -0.3 is 15.0 Å². The summed E-state index contributed by atoms with van der Waals surface area (Å²) < 4.78 is 1.72. The lowest BCUT2D eigenvalue weighted by Gasteiger charge is -2.18. The molecule has 6 heteroatoms. The molecule has 1 amide bonds. The Balaban J connectivity index is 2.35. The quantitative estimate of drug-likeness (QED) is 0.912. The number of hydrogen-bond acceptors (Lipinski definition) is 2. The van der Waals surface area contributed by atoms with Gasteiger partial charge in [0.05, 0.1) is 0 Å². The van der Waals surface area contributed by atoms with Crippen molar-refractivity contribution in [2.45, 2.75) is 19.9 Å². The molecule has 1 aromatic carbocycles. The SMILES string of the molecule is CC(C)C(NC(=O)c1cc2cc(Cl)ccc2n1C)C(=O)O. The van der Waals surface area contributed by atoms with Crippen LogP contribution in [-0.2, 0) is 11.8 Å². The maximum absolute atomic E-state index is 12.3. The van der Waals surface area contributed by atoms with E-state index in [-0.39, 0.29) is 5.92 Å². The second-order valence-corrected chi connectivity index (χ2v) is 5.76. The molecule has 2 aromatic rings. The number of carbonyl (C=O) groups is 2. The number of amides is 1. The molecule has 0 radical (unpaired) electrons. The van der Waals surface area contributed by atoms with Crippen LogP contribution >= 0.6 is 11.6 Å². The summed E-state index contributed by atoms with van der Waals surface area (Å²) in [5, 5.41) is 13.1. The van der Waals surface area contributed by atoms with E-state index in [0.717, 1.165) is 10.9 Å². The predicted molar refractivity (Wildman–Crippen MR) is 81.7 cm³/mol. The van der Waals surface area contributed by atoms with Gasteiger partial charge in [0.25, 0.3) is 5.91 Å². The molecule has 2 N–H and O–H groups in total. The number of carboxylic acid groups (broad SMARTS) is 1. The summed E-state index contributed by atoms with van der Waals surface area (Å²) in [5.74, 6) is -1.65. The zero-order valence-electron chi connectivity index (χ0n) is 12.1. The zero-order valence-corrected chi connectivity index (χ0v) is 12.8. The summed E-state index contributed by atoms with van der Waals surface area (Å²) in [4.78, 5) is 23.5. The van der Waals surface area contributed by atoms with Gasteiger partial charge in [-0.15, -0.1) is 0 Å². The summed E-state index contributed by atoms with van der Waals surface area (Å²) in [6, 6.07) is 6.13. The van der Waals surface area contributed by atoms with Crippen molar-refractivity contribution < 1.29 is 14.7 Å². The van der Waals surface area contributed by atoms with E-state index in [1.807, 2.05) is 6.07 Å². The summed E-state index contributed by atoms with van der Waals surface area (Å²) in [5.41, 5.74) is 1.26. The van der Waals surface area contributed by atoms with Crippen LogP contribution < -0.4 is 5.32 Å². The molecule has 0 aliphatic heterocycles. The smallest absolute Gasteiger partial charge is 0.326 e. The molecular formula is C15H17ClN2O3. The number of halogens is 1. The van der Waals surface area contributed by atoms with Crippen LogP contribution in [0, 0.1) is 5.92 Å². The Morgan fingerprint density at radius 2 is 1.95 bits per heavy atom. The van der Waals surface area contributed by atoms with Crippen LogP contribution in [0.2, 0.25) is 5.02 Å². The van der Waals surface area contributed by atoms with Crippen LogP contribution in [0.15, 0.2) is 24.3 Å². The van der Waals surface area contributed by atoms with E-state index in [9.17, 15) is 9.59 Å². The van der Waals surface area contributed by atoms with Crippen molar-refractivity contribution in [1.82, 2.24) is 9.88 Å². The topological polar surface area (TPSA) is 71.3 Å². The molecule has 1 heterocycles. The number of carboxylic acids is 1. The van der Waals surface area contributed by atoms with Gasteiger partial charge in [-0.05, 0) is 30.2 Å². The minimum atomic E-state index is -1.04. The lowest BCUT2D eigenvalue weighted by molar-refractivity contribution is -0.140. The number of fused-ring (bicyclic) bond motifs is 1. The van der Waals surface area contributed by atoms with Crippen LogP contribution in [0.1, 0.15) is 24.3 Å². The molecule has 2 rings (SSSR count). The van der Waals surface area contributed by atoms with Crippen LogP contribution in [0.3, 0.4) is 0 Å². The molecular weight excluding hydrogens is 292 g/mol. The van der Waals surface area contributed by atoms with E-state index in [1.165, 1.54) is 0 Å². The molecule has 21 heavy (non-hydrogen) atoms. The number of aryl methyl sites for hydroxylation is 1. The number of aliphatic carboxylic acids is 1. The van der Waals surface area contributed by atoms with Crippen molar-refractivity contribution in [2.24, 2.45) is 13.0 Å². The van der Waals surface area contributed by atoms with Crippen LogP contribution in [0.25, 0.3) is 10.9 Å². The highest BCUT2D eigenvalue weighted by atomic mass is 35.5. The Labute approximate surface area is 127 Å². The second kappa shape index (κ2) is 5.77. The highest BCUT2D eigenvalue weighted by Gasteiger charge is 2.25. The fourth-order valence-electron chi connectivity index (χ4n) is 2.27. The van der Waals surface area contributed by atoms with Gasteiger partial charge in [-0.2, -0.15) is 0 Å². The van der Waals surface area contributed by atoms with Crippen molar-refractivity contribution in [2.75, 3.05) is 0 Å². The molecule has 1 atom stereocenters. The summed E-state index contributed by atoms with van der Waals surface area (Å²) in [7, 11) is 1.76. The first-order chi connectivity index (χ1) is 9.81. The number of hydrogen-bond donors (Lipinski definition) is 2. The van der Waals surface area contributed by atoms with Gasteiger partial charge >= 0.3 is 5.97 Å². The number of rotatable bonds is 4. The Kier molecular flexibility index (Phi) is 4.23. The Hall–Kier alpha value is -2.01. The minimum absolute atomic E-state index is 0.199. The Bertz CT molecular complexity index is 706. The summed E-state index contributed by atoms with van der Waals surface area (Å²) in [6.07, 6.45) is 0. The van der Waals surface area contributed by atoms with E-state index >= 15 is 0 Å². The number of nitrogens with one attached hydrogen (secondary N) is 1. The maximum Gasteiger partial charge on any atom is 0.326 e. The van der Waals surface area contributed by atoms with E-state index in [1.54, 1.807) is 43.7 Å². The fraction of sp³-hybridized carbons (Fsp3) is 0.333. The molecule has 0 fully saturated rings. The number of nitrogens with zero attached hydrogens (tertiary/aromatic N) is 1. The summed E-state index contributed by atoms with van der Waals surface area (Å²) >= 11 is 5.94. The van der Waals surface area contributed by atoms with Crippen molar-refractivity contribution in [3.63, 3.8) is 0 Å². The molecule has 0 spiro atoms. The third-order valence-corrected chi connectivity index (χ3v) is 3.69. The Morgan fingerprint density at radius 3 is 2.52 bits per heavy atom. The molecule has 0 saturated heterocycles. The van der Waals surface area contributed by atoms with Crippen LogP contribution in [-0.4, -0.2) is 27.6 Å². The third kappa shape index (κ3) is 3.03. The minimum Gasteiger partial charge on any atom is -0.480 e. The highest BCUT2D eigenvalue weighted by Crippen LogP contribution is 2.22. The van der Waals surface area contributed by atoms with Crippen molar-refractivity contribution in [3.8, 4) is 0 Å².